The number of hydrogen-bond donors (Lipinski definition) is 10. The first kappa shape index (κ1) is 98.1. The van der Waals surface area contributed by atoms with Crippen molar-refractivity contribution in [3.05, 3.63) is 532 Å². The number of nitrogens with zero attached hydrogens (tertiary/aromatic N) is 5. The second-order valence-electron chi connectivity index (χ2n) is 32.1. The fourth-order valence-corrected chi connectivity index (χ4v) is 15.2. The number of nitrogens with one attached hydrogen (secondary N) is 10. The number of H-pyrrole nitrogens is 5. The quantitative estimate of drug-likeness (QED) is 0.0204. The monoisotopic (exact) mass is 1870 g/mol. The van der Waals surface area contributed by atoms with Crippen molar-refractivity contribution in [2.45, 2.75) is 38.0 Å². The summed E-state index contributed by atoms with van der Waals surface area (Å²) in [5.74, 6) is -1.22. The number of aromatic nitrogens is 10. The lowest BCUT2D eigenvalue weighted by atomic mass is 9.88. The summed E-state index contributed by atoms with van der Waals surface area (Å²) in [5.41, 5.74) is 15.1. The van der Waals surface area contributed by atoms with E-state index in [1.165, 1.54) is 22.8 Å². The predicted octanol–water partition coefficient (Wildman–Crippen LogP) is 18.0. The molecule has 1 atom stereocenters. The first-order valence-corrected chi connectivity index (χ1v) is 45.1. The van der Waals surface area contributed by atoms with Crippen LogP contribution in [0.2, 0.25) is 0 Å². The second kappa shape index (κ2) is 49.9. The Bertz CT molecular complexity index is 7540. The highest BCUT2D eigenvalue weighted by molar-refractivity contribution is 6.11. The minimum absolute atomic E-state index is 0.0240. The number of carbonyl (C=O) groups is 6. The van der Waals surface area contributed by atoms with Gasteiger partial charge in [-0.15, -0.1) is 0 Å². The number of hydrogen-bond acceptors (Lipinski definition) is 17. The second-order valence-corrected chi connectivity index (χ2v) is 32.1. The summed E-state index contributed by atoms with van der Waals surface area (Å²) in [6.45, 7) is 3.35. The summed E-state index contributed by atoms with van der Waals surface area (Å²) >= 11 is 0. The van der Waals surface area contributed by atoms with Crippen LogP contribution in [-0.2, 0) is 12.8 Å². The highest BCUT2D eigenvalue weighted by atomic mass is 16.5. The lowest BCUT2D eigenvalue weighted by molar-refractivity contribution is 0.0942. The summed E-state index contributed by atoms with van der Waals surface area (Å²) in [6.07, 6.45) is 26.6. The van der Waals surface area contributed by atoms with Gasteiger partial charge in [0, 0.05) is 141 Å². The molecule has 0 saturated carbocycles. The number of anilines is 2. The summed E-state index contributed by atoms with van der Waals surface area (Å²) in [4.78, 5) is 170. The lowest BCUT2D eigenvalue weighted by Gasteiger charge is -2.18. The molecular weight excluding hydrogens is 1770 g/mol. The Balaban J connectivity index is 0.000000140. The van der Waals surface area contributed by atoms with Crippen LogP contribution in [0.3, 0.4) is 0 Å². The minimum Gasteiger partial charge on any atom is -0.496 e. The molecule has 0 saturated heterocycles. The maximum absolute atomic E-state index is 12.8. The highest BCUT2D eigenvalue weighted by Crippen LogP contribution is 2.30. The number of aromatic amines is 5. The summed E-state index contributed by atoms with van der Waals surface area (Å²) < 4.78 is 5.30. The predicted molar refractivity (Wildman–Crippen MR) is 547 cm³/mol. The number of rotatable bonds is 28. The van der Waals surface area contributed by atoms with E-state index in [-0.39, 0.29) is 57.3 Å². The van der Waals surface area contributed by atoms with Crippen LogP contribution in [0.4, 0.5) is 11.4 Å². The van der Waals surface area contributed by atoms with E-state index in [1.807, 2.05) is 195 Å². The molecule has 5 amide bonds. The molecule has 8 aromatic carbocycles. The number of ketones is 1. The molecule has 0 bridgehead atoms. The third-order valence-electron chi connectivity index (χ3n) is 22.6. The minimum atomic E-state index is -0.559. The maximum atomic E-state index is 12.8. The molecule has 0 fully saturated rings. The van der Waals surface area contributed by atoms with Gasteiger partial charge in [0.2, 0.25) is 0 Å². The number of amides is 5. The molecule has 10 aromatic heterocycles. The van der Waals surface area contributed by atoms with Crippen molar-refractivity contribution in [2.75, 3.05) is 37.4 Å². The van der Waals surface area contributed by atoms with Gasteiger partial charge < -0.3 is 56.2 Å². The fraction of sp³-hybridized carbons (Fsp3) is 0.0877. The Labute approximate surface area is 810 Å². The molecule has 10 heterocycles. The van der Waals surface area contributed by atoms with Crippen LogP contribution in [0, 0.1) is 0 Å². The molecule has 141 heavy (non-hydrogen) atoms. The molecule has 27 nitrogen and oxygen atoms in total. The number of methoxy groups -OCH3 is 1. The zero-order valence-corrected chi connectivity index (χ0v) is 76.7. The molecule has 700 valence electrons. The van der Waals surface area contributed by atoms with E-state index < -0.39 is 45.5 Å². The zero-order chi connectivity index (χ0) is 98.4. The molecule has 10 N–H and O–H groups in total. The van der Waals surface area contributed by atoms with Crippen molar-refractivity contribution in [3.63, 3.8) is 0 Å². The molecule has 0 radical (unpaired) electrons. The summed E-state index contributed by atoms with van der Waals surface area (Å²) in [5, 5.41) is 14.1. The molecule has 0 aliphatic carbocycles. The van der Waals surface area contributed by atoms with E-state index in [0.717, 1.165) is 85.4 Å². The Morgan fingerprint density at radius 3 is 1.02 bits per heavy atom. The van der Waals surface area contributed by atoms with E-state index in [0.29, 0.717) is 54.1 Å². The molecule has 18 rings (SSSR count). The smallest absolute Gasteiger partial charge is 0.261 e. The summed E-state index contributed by atoms with van der Waals surface area (Å²) in [6, 6.07) is 97.4. The molecular formula is C114H97N15O12. The molecule has 0 aliphatic rings. The van der Waals surface area contributed by atoms with Gasteiger partial charge in [-0.2, -0.15) is 0 Å². The van der Waals surface area contributed by atoms with Crippen LogP contribution in [-0.4, -0.2) is 112 Å². The van der Waals surface area contributed by atoms with Crippen molar-refractivity contribution in [1.82, 2.24) is 65.8 Å². The first-order valence-electron chi connectivity index (χ1n) is 45.1. The van der Waals surface area contributed by atoms with Gasteiger partial charge in [0.15, 0.2) is 5.78 Å². The third kappa shape index (κ3) is 27.9. The van der Waals surface area contributed by atoms with Crippen LogP contribution < -0.4 is 59.1 Å². The standard InChI is InChI=1S/C26H23N3O2.C24H17N3O3.C24H19N3O2.C20H19N3O3.C20H19N3O2/c30-25(24-17-22(18-29-26(24)31)19-11-14-27-15-12-19)28-16-13-23(20-7-3-1-4-8-20)21-9-5-2-6-10-21;28-22(17-5-2-1-3-6-17)18-7-4-8-20(13-18)27-24(30)21-14-19(15-26-23(21)29)16-9-11-25-12-10-16;28-23-22(15-20(16-26-23)19-9-11-25-12-10-19)24(29)27-21-8-4-7-18(14-21)13-17-5-2-1-3-6-17;1-26-18-5-3-2-4-15(18)8-11-22-19(24)17-12-16(13-23-20(17)25)14-6-9-21-10-7-14;1-14(15-5-3-2-4-6-15)12-22-19(24)18-11-17(13-23-20(18)25)16-7-9-21-10-8-16/h1-12,14-15,17-18,23H,13,16H2,(H,28,30)(H,29,31);1-15H,(H,26,29)(H,27,30);1-12,14-16H,13H2,(H,26,28)(H,27,29);2-7,9-10,12-13H,8,11H2,1H3,(H,22,24)(H,23,25);2-11,13-14H,12H2,1H3,(H,22,24)(H,23,25). The van der Waals surface area contributed by atoms with Gasteiger partial charge in [0.25, 0.3) is 57.3 Å². The van der Waals surface area contributed by atoms with Gasteiger partial charge in [0.1, 0.15) is 33.6 Å². The number of para-hydroxylation sites is 1. The Kier molecular flexibility index (Phi) is 34.7. The number of carbonyl (C=O) groups excluding carboxylic acids is 6. The molecule has 27 heteroatoms. The molecule has 0 aliphatic heterocycles. The van der Waals surface area contributed by atoms with Crippen LogP contribution >= 0.6 is 0 Å². The Hall–Kier alpha value is -18.9. The highest BCUT2D eigenvalue weighted by Gasteiger charge is 2.22. The number of pyridine rings is 10. The van der Waals surface area contributed by atoms with Gasteiger partial charge in [-0.25, -0.2) is 0 Å². The number of ether oxygens (including phenoxy) is 1. The Morgan fingerprint density at radius 1 is 0.305 bits per heavy atom. The van der Waals surface area contributed by atoms with E-state index in [2.05, 4.69) is 113 Å². The van der Waals surface area contributed by atoms with Gasteiger partial charge in [-0.1, -0.05) is 201 Å². The van der Waals surface area contributed by atoms with E-state index >= 15 is 0 Å². The average Bonchev–Trinajstić information content (AvgIpc) is 0.817. The van der Waals surface area contributed by atoms with Gasteiger partial charge in [-0.05, 0) is 236 Å². The van der Waals surface area contributed by atoms with Gasteiger partial charge >= 0.3 is 0 Å². The topological polar surface area (TPSA) is 401 Å². The molecule has 18 aromatic rings. The van der Waals surface area contributed by atoms with Gasteiger partial charge in [0.05, 0.1) is 7.11 Å². The SMILES string of the molecule is CC(CNC(=O)c1cc(-c2ccncc2)c[nH]c1=O)c1ccccc1.COc1ccccc1CCNC(=O)c1cc(-c2ccncc2)c[nH]c1=O.O=C(NCCC(c1ccccc1)c1ccccc1)c1cc(-c2ccncc2)c[nH]c1=O.O=C(Nc1cccc(Cc2ccccc2)c1)c1cc(-c2ccncc2)c[nH]c1=O.O=C(c1ccccc1)c1cccc(NC(=O)c2cc(-c3ccncc3)c[nH]c2=O)c1. The average molecular weight is 1870 g/mol. The molecule has 0 spiro atoms. The van der Waals surface area contributed by atoms with Crippen LogP contribution in [0.5, 0.6) is 5.75 Å². The van der Waals surface area contributed by atoms with E-state index in [9.17, 15) is 52.7 Å². The van der Waals surface area contributed by atoms with Crippen molar-refractivity contribution in [3.8, 4) is 61.4 Å². The normalized spacial score (nSPS) is 10.7. The van der Waals surface area contributed by atoms with Crippen molar-refractivity contribution in [1.29, 1.82) is 0 Å². The first-order chi connectivity index (χ1) is 68.9. The van der Waals surface area contributed by atoms with E-state index in [4.69, 9.17) is 4.74 Å². The number of benzene rings is 8. The third-order valence-corrected chi connectivity index (χ3v) is 22.6. The maximum Gasteiger partial charge on any atom is 0.261 e. The summed E-state index contributed by atoms with van der Waals surface area (Å²) in [7, 11) is 1.61. The molecule has 1 unspecified atom stereocenters. The lowest BCUT2D eigenvalue weighted by Crippen LogP contribution is -2.32. The Morgan fingerprint density at radius 2 is 0.624 bits per heavy atom. The van der Waals surface area contributed by atoms with Crippen molar-refractivity contribution >= 4 is 46.7 Å². The largest absolute Gasteiger partial charge is 0.496 e. The zero-order valence-electron chi connectivity index (χ0n) is 76.7. The van der Waals surface area contributed by atoms with Crippen molar-refractivity contribution in [2.24, 2.45) is 0 Å². The van der Waals surface area contributed by atoms with Crippen molar-refractivity contribution < 1.29 is 33.5 Å². The van der Waals surface area contributed by atoms with E-state index in [1.54, 1.807) is 185 Å². The van der Waals surface area contributed by atoms with Crippen LogP contribution in [0.1, 0.15) is 126 Å². The van der Waals surface area contributed by atoms with Crippen LogP contribution in [0.25, 0.3) is 55.6 Å². The fourth-order valence-electron chi connectivity index (χ4n) is 15.2. The van der Waals surface area contributed by atoms with Gasteiger partial charge in [-0.3, -0.25) is 77.7 Å². The van der Waals surface area contributed by atoms with Crippen LogP contribution in [0.15, 0.2) is 432 Å².